The second-order valence-corrected chi connectivity index (χ2v) is 5.82. The number of hydrogen-bond donors (Lipinski definition) is 1. The van der Waals surface area contributed by atoms with Crippen LogP contribution in [0.4, 0.5) is 11.4 Å². The summed E-state index contributed by atoms with van der Waals surface area (Å²) in [5.41, 5.74) is 9.51. The first-order chi connectivity index (χ1) is 9.76. The summed E-state index contributed by atoms with van der Waals surface area (Å²) in [5.74, 6) is 0. The Morgan fingerprint density at radius 1 is 1.35 bits per heavy atom. The zero-order valence-corrected chi connectivity index (χ0v) is 12.3. The van der Waals surface area contributed by atoms with Gasteiger partial charge < -0.3 is 15.4 Å². The molecule has 0 spiro atoms. The molecule has 2 aliphatic heterocycles. The van der Waals surface area contributed by atoms with E-state index in [2.05, 4.69) is 28.9 Å². The van der Waals surface area contributed by atoms with Gasteiger partial charge in [0.05, 0.1) is 12.7 Å². The molecule has 0 aliphatic carbocycles. The Labute approximate surface area is 121 Å². The lowest BCUT2D eigenvalue weighted by atomic mass is 10.0. The summed E-state index contributed by atoms with van der Waals surface area (Å²) in [6, 6.07) is 6.31. The van der Waals surface area contributed by atoms with Crippen molar-refractivity contribution in [2.24, 2.45) is 0 Å². The van der Waals surface area contributed by atoms with E-state index in [-0.39, 0.29) is 0 Å². The predicted molar refractivity (Wildman–Crippen MR) is 83.2 cm³/mol. The summed E-state index contributed by atoms with van der Waals surface area (Å²) in [6.07, 6.45) is 2.68. The molecule has 3 rings (SSSR count). The molecule has 1 atom stereocenters. The van der Waals surface area contributed by atoms with Crippen molar-refractivity contribution in [3.05, 3.63) is 23.8 Å². The minimum Gasteiger partial charge on any atom is -0.399 e. The maximum absolute atomic E-state index is 5.94. The fourth-order valence-electron chi connectivity index (χ4n) is 3.31. The maximum Gasteiger partial charge on any atom is 0.0877 e. The zero-order chi connectivity index (χ0) is 13.9. The quantitative estimate of drug-likeness (QED) is 0.853. The van der Waals surface area contributed by atoms with Gasteiger partial charge in [0.1, 0.15) is 0 Å². The normalized spacial score (nSPS) is 23.6. The van der Waals surface area contributed by atoms with Crippen LogP contribution in [-0.4, -0.2) is 50.3 Å². The van der Waals surface area contributed by atoms with Crippen molar-refractivity contribution < 1.29 is 4.74 Å². The highest BCUT2D eigenvalue weighted by molar-refractivity contribution is 5.61. The third-order valence-electron chi connectivity index (χ3n) is 4.41. The number of aryl methyl sites for hydroxylation is 1. The third-order valence-corrected chi connectivity index (χ3v) is 4.41. The van der Waals surface area contributed by atoms with Gasteiger partial charge in [-0.3, -0.25) is 4.90 Å². The van der Waals surface area contributed by atoms with Crippen LogP contribution in [0.5, 0.6) is 0 Å². The van der Waals surface area contributed by atoms with Gasteiger partial charge in [0.15, 0.2) is 0 Å². The Kier molecular flexibility index (Phi) is 4.13. The van der Waals surface area contributed by atoms with E-state index < -0.39 is 0 Å². The SMILES string of the molecule is CCN1CCOC(CN2CCCc3cc(N)ccc32)C1. The molecule has 2 heterocycles. The number of morpholine rings is 1. The van der Waals surface area contributed by atoms with Crippen LogP contribution in [-0.2, 0) is 11.2 Å². The summed E-state index contributed by atoms with van der Waals surface area (Å²) >= 11 is 0. The topological polar surface area (TPSA) is 41.7 Å². The number of ether oxygens (including phenoxy) is 1. The van der Waals surface area contributed by atoms with Crippen molar-refractivity contribution in [3.63, 3.8) is 0 Å². The molecule has 0 amide bonds. The van der Waals surface area contributed by atoms with E-state index in [0.717, 1.165) is 51.4 Å². The molecule has 4 heteroatoms. The number of nitrogen functional groups attached to an aromatic ring is 1. The van der Waals surface area contributed by atoms with Crippen molar-refractivity contribution in [2.75, 3.05) is 50.0 Å². The molecule has 4 nitrogen and oxygen atoms in total. The predicted octanol–water partition coefficient (Wildman–Crippen LogP) is 1.74. The second kappa shape index (κ2) is 6.02. The Bertz CT molecular complexity index is 463. The fraction of sp³-hybridized carbons (Fsp3) is 0.625. The van der Waals surface area contributed by atoms with Crippen molar-refractivity contribution in [2.45, 2.75) is 25.9 Å². The lowest BCUT2D eigenvalue weighted by Gasteiger charge is -2.38. The van der Waals surface area contributed by atoms with Gasteiger partial charge in [0, 0.05) is 37.6 Å². The molecule has 2 aliphatic rings. The third kappa shape index (κ3) is 2.91. The average Bonchev–Trinajstić information content (AvgIpc) is 2.47. The van der Waals surface area contributed by atoms with Crippen molar-refractivity contribution in [1.82, 2.24) is 4.90 Å². The largest absolute Gasteiger partial charge is 0.399 e. The van der Waals surface area contributed by atoms with Crippen molar-refractivity contribution >= 4 is 11.4 Å². The van der Waals surface area contributed by atoms with Gasteiger partial charge >= 0.3 is 0 Å². The first-order valence-electron chi connectivity index (χ1n) is 7.73. The van der Waals surface area contributed by atoms with E-state index in [1.807, 2.05) is 6.07 Å². The van der Waals surface area contributed by atoms with Crippen LogP contribution in [0.1, 0.15) is 18.9 Å². The number of nitrogens with zero attached hydrogens (tertiary/aromatic N) is 2. The summed E-state index contributed by atoms with van der Waals surface area (Å²) in [4.78, 5) is 4.95. The van der Waals surface area contributed by atoms with Crippen LogP contribution < -0.4 is 10.6 Å². The number of likely N-dealkylation sites (N-methyl/N-ethyl adjacent to an activating group) is 1. The highest BCUT2D eigenvalue weighted by Crippen LogP contribution is 2.29. The van der Waals surface area contributed by atoms with Gasteiger partial charge in [-0.05, 0) is 43.1 Å². The average molecular weight is 275 g/mol. The fourth-order valence-corrected chi connectivity index (χ4v) is 3.31. The standard InChI is InChI=1S/C16H25N3O/c1-2-18-8-9-20-15(11-18)12-19-7-3-4-13-10-14(17)5-6-16(13)19/h5-6,10,15H,2-4,7-9,11-12,17H2,1H3. The molecule has 0 aromatic heterocycles. The molecule has 0 saturated carbocycles. The molecule has 1 saturated heterocycles. The Morgan fingerprint density at radius 3 is 3.10 bits per heavy atom. The number of rotatable bonds is 3. The first kappa shape index (κ1) is 13.7. The van der Waals surface area contributed by atoms with Gasteiger partial charge in [-0.25, -0.2) is 0 Å². The highest BCUT2D eigenvalue weighted by atomic mass is 16.5. The van der Waals surface area contributed by atoms with Gasteiger partial charge in [-0.1, -0.05) is 6.92 Å². The molecule has 0 radical (unpaired) electrons. The van der Waals surface area contributed by atoms with E-state index >= 15 is 0 Å². The van der Waals surface area contributed by atoms with Crippen LogP contribution >= 0.6 is 0 Å². The molecule has 1 aromatic carbocycles. The second-order valence-electron chi connectivity index (χ2n) is 5.82. The number of anilines is 2. The summed E-state index contributed by atoms with van der Waals surface area (Å²) in [5, 5.41) is 0. The molecular weight excluding hydrogens is 250 g/mol. The molecular formula is C16H25N3O. The minimum absolute atomic E-state index is 0.326. The number of hydrogen-bond acceptors (Lipinski definition) is 4. The van der Waals surface area contributed by atoms with Gasteiger partial charge in [-0.2, -0.15) is 0 Å². The van der Waals surface area contributed by atoms with Crippen molar-refractivity contribution in [1.29, 1.82) is 0 Å². The molecule has 20 heavy (non-hydrogen) atoms. The van der Waals surface area contributed by atoms with Crippen LogP contribution in [0.2, 0.25) is 0 Å². The Hall–Kier alpha value is -1.26. The summed E-state index contributed by atoms with van der Waals surface area (Å²) in [6.45, 7) is 8.45. The monoisotopic (exact) mass is 275 g/mol. The highest BCUT2D eigenvalue weighted by Gasteiger charge is 2.24. The smallest absolute Gasteiger partial charge is 0.0877 e. The van der Waals surface area contributed by atoms with Crippen molar-refractivity contribution in [3.8, 4) is 0 Å². The minimum atomic E-state index is 0.326. The van der Waals surface area contributed by atoms with Crippen LogP contribution in [0.25, 0.3) is 0 Å². The lowest BCUT2D eigenvalue weighted by molar-refractivity contribution is -0.0222. The van der Waals surface area contributed by atoms with E-state index in [4.69, 9.17) is 10.5 Å². The molecule has 110 valence electrons. The summed E-state index contributed by atoms with van der Waals surface area (Å²) < 4.78 is 5.94. The van der Waals surface area contributed by atoms with E-state index in [1.165, 1.54) is 17.7 Å². The van der Waals surface area contributed by atoms with Gasteiger partial charge in [-0.15, -0.1) is 0 Å². The summed E-state index contributed by atoms with van der Waals surface area (Å²) in [7, 11) is 0. The number of nitrogens with two attached hydrogens (primary N) is 1. The molecule has 2 N–H and O–H groups in total. The van der Waals surface area contributed by atoms with E-state index in [0.29, 0.717) is 6.10 Å². The van der Waals surface area contributed by atoms with Crippen LogP contribution in [0.15, 0.2) is 18.2 Å². The molecule has 0 bridgehead atoms. The van der Waals surface area contributed by atoms with E-state index in [1.54, 1.807) is 0 Å². The molecule has 1 aromatic rings. The Morgan fingerprint density at radius 2 is 2.25 bits per heavy atom. The molecule has 1 fully saturated rings. The van der Waals surface area contributed by atoms with Gasteiger partial charge in [0.2, 0.25) is 0 Å². The number of benzene rings is 1. The number of fused-ring (bicyclic) bond motifs is 1. The van der Waals surface area contributed by atoms with E-state index in [9.17, 15) is 0 Å². The lowest BCUT2D eigenvalue weighted by Crippen LogP contribution is -2.48. The Balaban J connectivity index is 1.70. The zero-order valence-electron chi connectivity index (χ0n) is 12.3. The van der Waals surface area contributed by atoms with Crippen LogP contribution in [0, 0.1) is 0 Å². The van der Waals surface area contributed by atoms with Crippen LogP contribution in [0.3, 0.4) is 0 Å². The first-order valence-corrected chi connectivity index (χ1v) is 7.73. The molecule has 1 unspecified atom stereocenters. The van der Waals surface area contributed by atoms with Gasteiger partial charge in [0.25, 0.3) is 0 Å². The maximum atomic E-state index is 5.94.